The fourth-order valence-electron chi connectivity index (χ4n) is 2.56. The molecule has 0 aliphatic rings. The Labute approximate surface area is 177 Å². The molecule has 0 radical (unpaired) electrons. The maximum absolute atomic E-state index is 13.1. The normalized spacial score (nSPS) is 10.6. The number of carbonyl (C=O) groups excluding carboxylic acids is 1. The number of hydrogen-bond donors (Lipinski definition) is 2. The molecule has 9 heteroatoms. The summed E-state index contributed by atoms with van der Waals surface area (Å²) in [7, 11) is -2.59. The number of carbonyl (C=O) groups is 1. The van der Waals surface area contributed by atoms with Crippen molar-refractivity contribution in [3.8, 4) is 17.6 Å². The van der Waals surface area contributed by atoms with Crippen LogP contribution >= 0.6 is 22.6 Å². The minimum absolute atomic E-state index is 0.0391. The van der Waals surface area contributed by atoms with E-state index < -0.39 is 15.9 Å². The van der Waals surface area contributed by atoms with E-state index in [9.17, 15) is 13.2 Å². The van der Waals surface area contributed by atoms with Gasteiger partial charge in [0, 0.05) is 10.6 Å². The molecule has 2 rings (SSSR count). The molecule has 1 amide bonds. The van der Waals surface area contributed by atoms with Gasteiger partial charge >= 0.3 is 0 Å². The van der Waals surface area contributed by atoms with E-state index in [2.05, 4.69) is 11.8 Å². The highest BCUT2D eigenvalue weighted by Gasteiger charge is 2.27. The Bertz CT molecular complexity index is 1040. The van der Waals surface area contributed by atoms with Crippen molar-refractivity contribution in [3.05, 3.63) is 51.1 Å². The second-order valence-electron chi connectivity index (χ2n) is 5.72. The van der Waals surface area contributed by atoms with Crippen molar-refractivity contribution in [2.45, 2.75) is 18.7 Å². The number of nitrogens with zero attached hydrogens (tertiary/aromatic N) is 1. The summed E-state index contributed by atoms with van der Waals surface area (Å²) >= 11 is 2.02. The highest BCUT2D eigenvalue weighted by molar-refractivity contribution is 14.1. The Kier molecular flexibility index (Phi) is 7.29. The van der Waals surface area contributed by atoms with Crippen LogP contribution in [0.2, 0.25) is 0 Å². The van der Waals surface area contributed by atoms with Crippen LogP contribution in [-0.4, -0.2) is 33.2 Å². The summed E-state index contributed by atoms with van der Waals surface area (Å²) in [6.07, 6.45) is 0. The van der Waals surface area contributed by atoms with Crippen LogP contribution < -0.4 is 14.5 Å². The average molecular weight is 514 g/mol. The third kappa shape index (κ3) is 4.76. The van der Waals surface area contributed by atoms with Crippen molar-refractivity contribution in [1.29, 1.82) is 0 Å². The van der Waals surface area contributed by atoms with Gasteiger partial charge in [-0.15, -0.1) is 5.92 Å². The summed E-state index contributed by atoms with van der Waals surface area (Å²) < 4.78 is 33.3. The van der Waals surface area contributed by atoms with Gasteiger partial charge in [-0.1, -0.05) is 5.92 Å². The van der Waals surface area contributed by atoms with E-state index in [4.69, 9.17) is 9.94 Å². The van der Waals surface area contributed by atoms with E-state index in [0.717, 1.165) is 7.88 Å². The lowest BCUT2D eigenvalue weighted by molar-refractivity contribution is 0.0707. The number of benzene rings is 2. The number of ether oxygens (including phenoxy) is 1. The van der Waals surface area contributed by atoms with Crippen LogP contribution in [0.5, 0.6) is 5.75 Å². The first kappa shape index (κ1) is 22.0. The van der Waals surface area contributed by atoms with Gasteiger partial charge in [0.05, 0.1) is 16.1 Å². The van der Waals surface area contributed by atoms with E-state index >= 15 is 0 Å². The first-order valence-corrected chi connectivity index (χ1v) is 10.6. The first-order chi connectivity index (χ1) is 13.2. The Balaban J connectivity index is 2.44. The lowest BCUT2D eigenvalue weighted by Gasteiger charge is -2.24. The molecule has 0 saturated carbocycles. The fraction of sp³-hybridized carbons (Fsp3) is 0.211. The Morgan fingerprint density at radius 2 is 1.93 bits per heavy atom. The number of halogens is 1. The lowest BCUT2D eigenvalue weighted by atomic mass is 10.1. The predicted octanol–water partition coefficient (Wildman–Crippen LogP) is 2.95. The molecular weight excluding hydrogens is 495 g/mol. The lowest BCUT2D eigenvalue weighted by Crippen LogP contribution is -2.31. The van der Waals surface area contributed by atoms with Gasteiger partial charge in [-0.25, -0.2) is 13.9 Å². The minimum Gasteiger partial charge on any atom is -0.481 e. The Morgan fingerprint density at radius 1 is 1.29 bits per heavy atom. The zero-order valence-corrected chi connectivity index (χ0v) is 18.5. The average Bonchev–Trinajstić information content (AvgIpc) is 2.67. The van der Waals surface area contributed by atoms with E-state index in [1.165, 1.54) is 25.2 Å². The standard InChI is InChI=1S/C19H19IN2O5S/c1-4-5-10-27-15-6-8-16(9-7-15)28(25,26)22(3)18-13(2)11-14(20)12-17(18)19(23)21-24/h6-9,11-12,24H,10H2,1-3H3,(H,21,23). The molecule has 0 saturated heterocycles. The van der Waals surface area contributed by atoms with Gasteiger partial charge in [-0.3, -0.25) is 14.3 Å². The molecule has 0 bridgehead atoms. The van der Waals surface area contributed by atoms with Gasteiger partial charge in [-0.05, 0) is 78.4 Å². The van der Waals surface area contributed by atoms with Crippen LogP contribution in [0.1, 0.15) is 22.8 Å². The fourth-order valence-corrected chi connectivity index (χ4v) is 4.62. The highest BCUT2D eigenvalue weighted by Crippen LogP contribution is 2.31. The SMILES string of the molecule is CC#CCOc1ccc(S(=O)(=O)N(C)c2c(C)cc(I)cc2C(=O)NO)cc1. The molecule has 7 nitrogen and oxygen atoms in total. The summed E-state index contributed by atoms with van der Waals surface area (Å²) in [6, 6.07) is 9.19. The predicted molar refractivity (Wildman–Crippen MR) is 114 cm³/mol. The third-order valence-electron chi connectivity index (χ3n) is 3.90. The Hall–Kier alpha value is -2.29. The smallest absolute Gasteiger partial charge is 0.276 e. The number of hydroxylamine groups is 1. The van der Waals surface area contributed by atoms with E-state index in [1.807, 2.05) is 22.6 Å². The molecule has 0 unspecified atom stereocenters. The molecular formula is C19H19IN2O5S. The summed E-state index contributed by atoms with van der Waals surface area (Å²) in [5, 5.41) is 9.02. The van der Waals surface area contributed by atoms with Crippen LogP contribution in [-0.2, 0) is 10.0 Å². The number of rotatable bonds is 6. The number of aryl methyl sites for hydroxylation is 1. The monoisotopic (exact) mass is 514 g/mol. The van der Waals surface area contributed by atoms with Gasteiger partial charge < -0.3 is 4.74 Å². The molecule has 28 heavy (non-hydrogen) atoms. The van der Waals surface area contributed by atoms with Gasteiger partial charge in [0.2, 0.25) is 0 Å². The molecule has 0 aromatic heterocycles. The van der Waals surface area contributed by atoms with Crippen LogP contribution in [0.15, 0.2) is 41.3 Å². The molecule has 0 atom stereocenters. The molecule has 0 heterocycles. The summed E-state index contributed by atoms with van der Waals surface area (Å²) in [6.45, 7) is 3.61. The largest absolute Gasteiger partial charge is 0.481 e. The number of hydrogen-bond acceptors (Lipinski definition) is 5. The molecule has 2 aromatic rings. The molecule has 0 aliphatic carbocycles. The van der Waals surface area contributed by atoms with Crippen molar-refractivity contribution < 1.29 is 23.2 Å². The van der Waals surface area contributed by atoms with Crippen molar-refractivity contribution in [2.75, 3.05) is 18.0 Å². The highest BCUT2D eigenvalue weighted by atomic mass is 127. The zero-order chi connectivity index (χ0) is 20.9. The van der Waals surface area contributed by atoms with Crippen molar-refractivity contribution >= 4 is 44.2 Å². The molecule has 0 spiro atoms. The minimum atomic E-state index is -3.95. The van der Waals surface area contributed by atoms with Gasteiger partial charge in [0.1, 0.15) is 12.4 Å². The molecule has 148 valence electrons. The van der Waals surface area contributed by atoms with E-state index in [-0.39, 0.29) is 22.8 Å². The Morgan fingerprint density at radius 3 is 2.50 bits per heavy atom. The van der Waals surface area contributed by atoms with E-state index in [1.54, 1.807) is 37.5 Å². The third-order valence-corrected chi connectivity index (χ3v) is 6.29. The number of sulfonamides is 1. The second kappa shape index (κ2) is 9.27. The summed E-state index contributed by atoms with van der Waals surface area (Å²) in [5.41, 5.74) is 2.38. The van der Waals surface area contributed by atoms with Crippen molar-refractivity contribution in [1.82, 2.24) is 5.48 Å². The first-order valence-electron chi connectivity index (χ1n) is 8.08. The maximum Gasteiger partial charge on any atom is 0.276 e. The zero-order valence-electron chi connectivity index (χ0n) is 15.5. The number of anilines is 1. The van der Waals surface area contributed by atoms with Crippen molar-refractivity contribution in [2.24, 2.45) is 0 Å². The van der Waals surface area contributed by atoms with Crippen LogP contribution in [0.3, 0.4) is 0 Å². The molecule has 0 aliphatic heterocycles. The van der Waals surface area contributed by atoms with Crippen LogP contribution in [0.4, 0.5) is 5.69 Å². The molecule has 2 aromatic carbocycles. The maximum atomic E-state index is 13.1. The van der Waals surface area contributed by atoms with Gasteiger partial charge in [-0.2, -0.15) is 0 Å². The van der Waals surface area contributed by atoms with Gasteiger partial charge in [0.15, 0.2) is 0 Å². The molecule has 2 N–H and O–H groups in total. The van der Waals surface area contributed by atoms with Gasteiger partial charge in [0.25, 0.3) is 15.9 Å². The van der Waals surface area contributed by atoms with E-state index in [0.29, 0.717) is 11.3 Å². The molecule has 0 fully saturated rings. The van der Waals surface area contributed by atoms with Crippen LogP contribution in [0, 0.1) is 22.3 Å². The number of amides is 1. The quantitative estimate of drug-likeness (QED) is 0.268. The van der Waals surface area contributed by atoms with Crippen LogP contribution in [0.25, 0.3) is 0 Å². The number of nitrogens with one attached hydrogen (secondary N) is 1. The summed E-state index contributed by atoms with van der Waals surface area (Å²) in [4.78, 5) is 12.1. The second-order valence-corrected chi connectivity index (χ2v) is 8.93. The summed E-state index contributed by atoms with van der Waals surface area (Å²) in [5.74, 6) is 5.17. The van der Waals surface area contributed by atoms with Crippen molar-refractivity contribution in [3.63, 3.8) is 0 Å². The topological polar surface area (TPSA) is 95.9 Å².